The van der Waals surface area contributed by atoms with Crippen molar-refractivity contribution in [3.63, 3.8) is 0 Å². The minimum atomic E-state index is 0.306. The van der Waals surface area contributed by atoms with Crippen LogP contribution in [0.3, 0.4) is 0 Å². The lowest BCUT2D eigenvalue weighted by atomic mass is 9.65. The molecule has 2 nitrogen and oxygen atoms in total. The van der Waals surface area contributed by atoms with Gasteiger partial charge in [0.25, 0.3) is 0 Å². The van der Waals surface area contributed by atoms with Crippen molar-refractivity contribution < 1.29 is 0 Å². The van der Waals surface area contributed by atoms with E-state index < -0.39 is 0 Å². The molecule has 1 aliphatic carbocycles. The molecule has 0 aromatic rings. The smallest absolute Gasteiger partial charge is 0.0361 e. The second-order valence-corrected chi connectivity index (χ2v) is 7.54. The summed E-state index contributed by atoms with van der Waals surface area (Å²) in [6, 6.07) is 0.567. The van der Waals surface area contributed by atoms with Crippen LogP contribution in [0.5, 0.6) is 0 Å². The first-order valence-electron chi connectivity index (χ1n) is 7.65. The van der Waals surface area contributed by atoms with Crippen LogP contribution in [0.2, 0.25) is 0 Å². The molecular formula is C16H34N2. The molecule has 0 spiro atoms. The predicted octanol–water partition coefficient (Wildman–Crippen LogP) is 3.52. The van der Waals surface area contributed by atoms with Crippen LogP contribution < -0.4 is 5.32 Å². The molecule has 1 aliphatic rings. The van der Waals surface area contributed by atoms with E-state index in [0.717, 1.165) is 12.5 Å². The predicted molar refractivity (Wildman–Crippen MR) is 81.0 cm³/mol. The average Bonchev–Trinajstić information content (AvgIpc) is 2.26. The van der Waals surface area contributed by atoms with E-state index in [1.54, 1.807) is 0 Å². The Bertz CT molecular complexity index is 244. The van der Waals surface area contributed by atoms with E-state index in [-0.39, 0.29) is 0 Å². The normalized spacial score (nSPS) is 31.7. The van der Waals surface area contributed by atoms with Gasteiger partial charge in [-0.15, -0.1) is 0 Å². The van der Waals surface area contributed by atoms with Crippen LogP contribution in [0.15, 0.2) is 0 Å². The highest BCUT2D eigenvalue weighted by molar-refractivity contribution is 5.05. The molecule has 1 rings (SSSR count). The monoisotopic (exact) mass is 254 g/mol. The summed E-state index contributed by atoms with van der Waals surface area (Å²) in [7, 11) is 4.54. The van der Waals surface area contributed by atoms with E-state index in [1.807, 2.05) is 0 Å². The molecule has 1 N–H and O–H groups in total. The molecule has 0 bridgehead atoms. The van der Waals surface area contributed by atoms with Gasteiger partial charge in [0.2, 0.25) is 0 Å². The number of likely N-dealkylation sites (N-methyl/N-ethyl adjacent to an activating group) is 2. The Morgan fingerprint density at radius 1 is 1.22 bits per heavy atom. The van der Waals surface area contributed by atoms with Crippen molar-refractivity contribution in [2.24, 2.45) is 11.3 Å². The second kappa shape index (κ2) is 5.92. The number of rotatable bonds is 4. The number of nitrogens with one attached hydrogen (secondary N) is 1. The summed E-state index contributed by atoms with van der Waals surface area (Å²) < 4.78 is 0. The standard InChI is InChI=1S/C16H34N2/c1-8-17-14(15(3,4)5)16(18(6)7)11-9-13(2)10-12-16/h13-14,17H,8-12H2,1-7H3. The Labute approximate surface area is 115 Å². The van der Waals surface area contributed by atoms with Crippen LogP contribution in [-0.4, -0.2) is 37.1 Å². The van der Waals surface area contributed by atoms with Crippen molar-refractivity contribution in [1.29, 1.82) is 0 Å². The molecule has 0 aromatic heterocycles. The molecule has 2 heteroatoms. The topological polar surface area (TPSA) is 15.3 Å². The SMILES string of the molecule is CCNC(C(C)(C)C)C1(N(C)C)CCC(C)CC1. The highest BCUT2D eigenvalue weighted by Gasteiger charge is 2.47. The van der Waals surface area contributed by atoms with Crippen molar-refractivity contribution >= 4 is 0 Å². The van der Waals surface area contributed by atoms with E-state index in [1.165, 1.54) is 25.7 Å². The summed E-state index contributed by atoms with van der Waals surface area (Å²) in [5.74, 6) is 0.903. The Hall–Kier alpha value is -0.0800. The summed E-state index contributed by atoms with van der Waals surface area (Å²) in [4.78, 5) is 2.50. The van der Waals surface area contributed by atoms with Gasteiger partial charge in [0.15, 0.2) is 0 Å². The fraction of sp³-hybridized carbons (Fsp3) is 1.00. The van der Waals surface area contributed by atoms with Gasteiger partial charge in [-0.3, -0.25) is 0 Å². The number of hydrogen-bond acceptors (Lipinski definition) is 2. The maximum atomic E-state index is 3.79. The first kappa shape index (κ1) is 16.0. The molecule has 0 heterocycles. The summed E-state index contributed by atoms with van der Waals surface area (Å²) in [6.45, 7) is 12.8. The lowest BCUT2D eigenvalue weighted by molar-refractivity contribution is 0.00303. The zero-order chi connectivity index (χ0) is 14.0. The molecule has 1 saturated carbocycles. The van der Waals surface area contributed by atoms with Gasteiger partial charge in [-0.2, -0.15) is 0 Å². The van der Waals surface area contributed by atoms with E-state index in [0.29, 0.717) is 17.0 Å². The second-order valence-electron chi connectivity index (χ2n) is 7.54. The Morgan fingerprint density at radius 2 is 1.72 bits per heavy atom. The first-order chi connectivity index (χ1) is 8.24. The quantitative estimate of drug-likeness (QED) is 0.826. The van der Waals surface area contributed by atoms with Gasteiger partial charge in [0, 0.05) is 11.6 Å². The van der Waals surface area contributed by atoms with Gasteiger partial charge in [0.1, 0.15) is 0 Å². The molecule has 18 heavy (non-hydrogen) atoms. The summed E-state index contributed by atoms with van der Waals surface area (Å²) >= 11 is 0. The number of hydrogen-bond donors (Lipinski definition) is 1. The minimum Gasteiger partial charge on any atom is -0.312 e. The maximum Gasteiger partial charge on any atom is 0.0361 e. The minimum absolute atomic E-state index is 0.306. The van der Waals surface area contributed by atoms with Gasteiger partial charge in [0.05, 0.1) is 0 Å². The molecule has 1 fully saturated rings. The summed E-state index contributed by atoms with van der Waals surface area (Å²) in [6.07, 6.45) is 5.40. The lowest BCUT2D eigenvalue weighted by Crippen LogP contribution is -2.64. The molecule has 0 saturated heterocycles. The zero-order valence-corrected chi connectivity index (χ0v) is 13.6. The highest BCUT2D eigenvalue weighted by atomic mass is 15.2. The van der Waals surface area contributed by atoms with E-state index >= 15 is 0 Å². The molecular weight excluding hydrogens is 220 g/mol. The third-order valence-corrected chi connectivity index (χ3v) is 4.84. The van der Waals surface area contributed by atoms with E-state index in [2.05, 4.69) is 58.9 Å². The van der Waals surface area contributed by atoms with Crippen molar-refractivity contribution in [3.8, 4) is 0 Å². The Balaban J connectivity index is 3.00. The highest BCUT2D eigenvalue weighted by Crippen LogP contribution is 2.42. The van der Waals surface area contributed by atoms with Gasteiger partial charge < -0.3 is 10.2 Å². The van der Waals surface area contributed by atoms with Crippen molar-refractivity contribution in [3.05, 3.63) is 0 Å². The molecule has 1 atom stereocenters. The van der Waals surface area contributed by atoms with Gasteiger partial charge in [-0.1, -0.05) is 34.6 Å². The fourth-order valence-electron chi connectivity index (χ4n) is 3.76. The fourth-order valence-corrected chi connectivity index (χ4v) is 3.76. The molecule has 0 aromatic carbocycles. The van der Waals surface area contributed by atoms with Crippen LogP contribution in [-0.2, 0) is 0 Å². The summed E-state index contributed by atoms with van der Waals surface area (Å²) in [5, 5.41) is 3.79. The van der Waals surface area contributed by atoms with Crippen LogP contribution >= 0.6 is 0 Å². The average molecular weight is 254 g/mol. The van der Waals surface area contributed by atoms with Crippen molar-refractivity contribution in [2.45, 2.75) is 71.9 Å². The third-order valence-electron chi connectivity index (χ3n) is 4.84. The van der Waals surface area contributed by atoms with Crippen LogP contribution in [0.25, 0.3) is 0 Å². The van der Waals surface area contributed by atoms with Gasteiger partial charge in [-0.05, 0) is 57.7 Å². The van der Waals surface area contributed by atoms with E-state index in [4.69, 9.17) is 0 Å². The Morgan fingerprint density at radius 3 is 2.06 bits per heavy atom. The maximum absolute atomic E-state index is 3.79. The summed E-state index contributed by atoms with van der Waals surface area (Å²) in [5.41, 5.74) is 0.641. The van der Waals surface area contributed by atoms with Crippen molar-refractivity contribution in [2.75, 3.05) is 20.6 Å². The van der Waals surface area contributed by atoms with Crippen LogP contribution in [0, 0.1) is 11.3 Å². The third kappa shape index (κ3) is 3.27. The van der Waals surface area contributed by atoms with Crippen LogP contribution in [0.4, 0.5) is 0 Å². The zero-order valence-electron chi connectivity index (χ0n) is 13.6. The molecule has 108 valence electrons. The van der Waals surface area contributed by atoms with Gasteiger partial charge >= 0.3 is 0 Å². The molecule has 0 aliphatic heterocycles. The molecule has 1 unspecified atom stereocenters. The Kier molecular flexibility index (Phi) is 5.25. The van der Waals surface area contributed by atoms with Crippen molar-refractivity contribution in [1.82, 2.24) is 10.2 Å². The van der Waals surface area contributed by atoms with Gasteiger partial charge in [-0.25, -0.2) is 0 Å². The molecule has 0 amide bonds. The lowest BCUT2D eigenvalue weighted by Gasteiger charge is -2.54. The largest absolute Gasteiger partial charge is 0.312 e. The van der Waals surface area contributed by atoms with Crippen LogP contribution in [0.1, 0.15) is 60.3 Å². The first-order valence-corrected chi connectivity index (χ1v) is 7.65. The molecule has 0 radical (unpaired) electrons. The number of nitrogens with zero attached hydrogens (tertiary/aromatic N) is 1. The van der Waals surface area contributed by atoms with E-state index in [9.17, 15) is 0 Å².